The average Bonchev–Trinajstić information content (AvgIpc) is 3.39. The third kappa shape index (κ3) is 2.85. The number of hydrogen-bond donors (Lipinski definition) is 1. The Morgan fingerprint density at radius 2 is 1.93 bits per heavy atom. The van der Waals surface area contributed by atoms with E-state index in [1.165, 1.54) is 21.9 Å². The molecule has 0 aromatic heterocycles. The highest BCUT2D eigenvalue weighted by Gasteiger charge is 2.47. The van der Waals surface area contributed by atoms with E-state index in [-0.39, 0.29) is 11.8 Å². The van der Waals surface area contributed by atoms with Crippen molar-refractivity contribution in [1.29, 1.82) is 0 Å². The van der Waals surface area contributed by atoms with E-state index in [4.69, 9.17) is 0 Å². The molecular formula is C22H21NO3S. The van der Waals surface area contributed by atoms with Crippen LogP contribution in [0.25, 0.3) is 10.8 Å². The SMILES string of the molecule is O=C(O)C1CSC2=C(C3CC3)C(Cc3cccc4ccccc34)CC(=O)N21. The maximum atomic E-state index is 12.9. The smallest absolute Gasteiger partial charge is 0.327 e. The minimum atomic E-state index is -0.895. The normalized spacial score (nSPS) is 25.2. The van der Waals surface area contributed by atoms with Crippen LogP contribution in [0.2, 0.25) is 0 Å². The van der Waals surface area contributed by atoms with Gasteiger partial charge in [-0.25, -0.2) is 4.79 Å². The van der Waals surface area contributed by atoms with Gasteiger partial charge in [-0.3, -0.25) is 9.69 Å². The highest BCUT2D eigenvalue weighted by Crippen LogP contribution is 2.52. The number of fused-ring (bicyclic) bond motifs is 2. The van der Waals surface area contributed by atoms with Crippen molar-refractivity contribution >= 4 is 34.4 Å². The van der Waals surface area contributed by atoms with Crippen molar-refractivity contribution in [1.82, 2.24) is 4.90 Å². The van der Waals surface area contributed by atoms with E-state index in [1.807, 2.05) is 6.07 Å². The van der Waals surface area contributed by atoms with Crippen LogP contribution < -0.4 is 0 Å². The lowest BCUT2D eigenvalue weighted by Crippen LogP contribution is -2.44. The fourth-order valence-electron chi connectivity index (χ4n) is 4.55. The molecule has 138 valence electrons. The predicted molar refractivity (Wildman–Crippen MR) is 106 cm³/mol. The molecule has 1 amide bonds. The van der Waals surface area contributed by atoms with E-state index < -0.39 is 12.0 Å². The number of amides is 1. The summed E-state index contributed by atoms with van der Waals surface area (Å²) >= 11 is 1.56. The molecule has 0 radical (unpaired) electrons. The van der Waals surface area contributed by atoms with E-state index in [0.29, 0.717) is 18.1 Å². The Morgan fingerprint density at radius 3 is 2.70 bits per heavy atom. The molecule has 1 saturated heterocycles. The number of benzene rings is 2. The molecule has 5 rings (SSSR count). The van der Waals surface area contributed by atoms with Crippen molar-refractivity contribution in [3.63, 3.8) is 0 Å². The number of hydrogen-bond acceptors (Lipinski definition) is 3. The van der Waals surface area contributed by atoms with Crippen molar-refractivity contribution in [2.45, 2.75) is 31.7 Å². The molecule has 0 spiro atoms. The van der Waals surface area contributed by atoms with E-state index in [9.17, 15) is 14.7 Å². The quantitative estimate of drug-likeness (QED) is 0.871. The molecular weight excluding hydrogens is 358 g/mol. The number of carboxylic acid groups (broad SMARTS) is 1. The van der Waals surface area contributed by atoms with Crippen molar-refractivity contribution in [2.24, 2.45) is 11.8 Å². The zero-order valence-electron chi connectivity index (χ0n) is 14.9. The van der Waals surface area contributed by atoms with Crippen LogP contribution in [0.3, 0.4) is 0 Å². The van der Waals surface area contributed by atoms with E-state index in [0.717, 1.165) is 24.3 Å². The van der Waals surface area contributed by atoms with Crippen LogP contribution in [0.4, 0.5) is 0 Å². The summed E-state index contributed by atoms with van der Waals surface area (Å²) in [5.41, 5.74) is 2.62. The van der Waals surface area contributed by atoms with Crippen LogP contribution in [0.15, 0.2) is 53.1 Å². The standard InChI is InChI=1S/C22H21NO3S/c24-19-11-16(10-15-6-3-5-13-4-1-2-7-17(13)15)20(14-8-9-14)21-23(19)18(12-27-21)22(25)26/h1-7,14,16,18H,8-12H2,(H,25,26). The largest absolute Gasteiger partial charge is 0.480 e. The van der Waals surface area contributed by atoms with E-state index >= 15 is 0 Å². The number of thioether (sulfide) groups is 1. The van der Waals surface area contributed by atoms with Crippen LogP contribution >= 0.6 is 11.8 Å². The Balaban J connectivity index is 1.55. The molecule has 2 atom stereocenters. The Labute approximate surface area is 162 Å². The van der Waals surface area contributed by atoms with Gasteiger partial charge in [0.2, 0.25) is 5.91 Å². The summed E-state index contributed by atoms with van der Waals surface area (Å²) in [6.45, 7) is 0. The molecule has 5 heteroatoms. The fraction of sp³-hybridized carbons (Fsp3) is 0.364. The summed E-state index contributed by atoms with van der Waals surface area (Å²) in [6, 6.07) is 14.0. The lowest BCUT2D eigenvalue weighted by Gasteiger charge is -2.34. The second-order valence-electron chi connectivity index (χ2n) is 7.71. The monoisotopic (exact) mass is 379 g/mol. The first-order chi connectivity index (χ1) is 13.1. The molecule has 2 unspecified atom stereocenters. The van der Waals surface area contributed by atoms with E-state index in [1.54, 1.807) is 16.7 Å². The van der Waals surface area contributed by atoms with Gasteiger partial charge in [0.05, 0.1) is 5.03 Å². The topological polar surface area (TPSA) is 57.6 Å². The van der Waals surface area contributed by atoms with Gasteiger partial charge in [0.1, 0.15) is 6.04 Å². The van der Waals surface area contributed by atoms with Crippen LogP contribution in [0.1, 0.15) is 24.8 Å². The Bertz CT molecular complexity index is 973. The summed E-state index contributed by atoms with van der Waals surface area (Å²) < 4.78 is 0. The minimum Gasteiger partial charge on any atom is -0.480 e. The highest BCUT2D eigenvalue weighted by atomic mass is 32.2. The summed E-state index contributed by atoms with van der Waals surface area (Å²) in [5.74, 6) is 0.247. The second-order valence-corrected chi connectivity index (χ2v) is 8.72. The first kappa shape index (κ1) is 16.9. The van der Waals surface area contributed by atoms with Crippen LogP contribution in [0.5, 0.6) is 0 Å². The Morgan fingerprint density at radius 1 is 1.15 bits per heavy atom. The fourth-order valence-corrected chi connectivity index (χ4v) is 6.02. The highest BCUT2D eigenvalue weighted by molar-refractivity contribution is 8.03. The Kier molecular flexibility index (Phi) is 4.01. The van der Waals surface area contributed by atoms with Gasteiger partial charge in [-0.2, -0.15) is 0 Å². The molecule has 1 N–H and O–H groups in total. The van der Waals surface area contributed by atoms with Crippen LogP contribution in [-0.4, -0.2) is 33.7 Å². The van der Waals surface area contributed by atoms with Gasteiger partial charge in [-0.15, -0.1) is 11.8 Å². The third-order valence-corrected chi connectivity index (χ3v) is 7.12. The van der Waals surface area contributed by atoms with Gasteiger partial charge in [0, 0.05) is 12.2 Å². The first-order valence-electron chi connectivity index (χ1n) is 9.52. The van der Waals surface area contributed by atoms with Gasteiger partial charge >= 0.3 is 5.97 Å². The summed E-state index contributed by atoms with van der Waals surface area (Å²) in [6.07, 6.45) is 3.58. The molecule has 2 aromatic rings. The zero-order chi connectivity index (χ0) is 18.5. The number of aliphatic carboxylic acids is 1. The Hall–Kier alpha value is -2.27. The van der Waals surface area contributed by atoms with Gasteiger partial charge < -0.3 is 5.11 Å². The minimum absolute atomic E-state index is 0.0305. The van der Waals surface area contributed by atoms with Crippen molar-refractivity contribution in [3.8, 4) is 0 Å². The second kappa shape index (κ2) is 6.41. The average molecular weight is 379 g/mol. The molecule has 2 aromatic carbocycles. The lowest BCUT2D eigenvalue weighted by molar-refractivity contribution is -0.147. The third-order valence-electron chi connectivity index (χ3n) is 5.93. The molecule has 3 aliphatic rings. The summed E-state index contributed by atoms with van der Waals surface area (Å²) in [4.78, 5) is 26.0. The number of carbonyl (C=O) groups is 2. The maximum Gasteiger partial charge on any atom is 0.327 e. The summed E-state index contributed by atoms with van der Waals surface area (Å²) in [5, 5.41) is 12.9. The lowest BCUT2D eigenvalue weighted by atomic mass is 9.83. The van der Waals surface area contributed by atoms with Gasteiger partial charge in [-0.05, 0) is 53.0 Å². The molecule has 1 aliphatic carbocycles. The number of carbonyl (C=O) groups excluding carboxylic acids is 1. The van der Waals surface area contributed by atoms with Crippen molar-refractivity contribution < 1.29 is 14.7 Å². The molecule has 2 aliphatic heterocycles. The number of nitrogens with zero attached hydrogens (tertiary/aromatic N) is 1. The van der Waals surface area contributed by atoms with Gasteiger partial charge in [-0.1, -0.05) is 42.5 Å². The number of carboxylic acids is 1. The molecule has 2 heterocycles. The molecule has 4 nitrogen and oxygen atoms in total. The van der Waals surface area contributed by atoms with Gasteiger partial charge in [0.15, 0.2) is 0 Å². The number of rotatable bonds is 4. The van der Waals surface area contributed by atoms with Crippen LogP contribution in [0, 0.1) is 11.8 Å². The van der Waals surface area contributed by atoms with Crippen LogP contribution in [-0.2, 0) is 16.0 Å². The maximum absolute atomic E-state index is 12.9. The number of allylic oxidation sites excluding steroid dienone is 1. The van der Waals surface area contributed by atoms with Crippen molar-refractivity contribution in [2.75, 3.05) is 5.75 Å². The first-order valence-corrected chi connectivity index (χ1v) is 10.5. The zero-order valence-corrected chi connectivity index (χ0v) is 15.7. The molecule has 0 bridgehead atoms. The molecule has 27 heavy (non-hydrogen) atoms. The van der Waals surface area contributed by atoms with Gasteiger partial charge in [0.25, 0.3) is 0 Å². The van der Waals surface area contributed by atoms with Crippen molar-refractivity contribution in [3.05, 3.63) is 58.6 Å². The molecule has 2 fully saturated rings. The predicted octanol–water partition coefficient (Wildman–Crippen LogP) is 4.05. The van der Waals surface area contributed by atoms with E-state index in [2.05, 4.69) is 36.4 Å². The summed E-state index contributed by atoms with van der Waals surface area (Å²) in [7, 11) is 0. The molecule has 1 saturated carbocycles.